The highest BCUT2D eigenvalue weighted by atomic mass is 32.1. The molecule has 0 saturated carbocycles. The number of piperidine rings is 1. The molecule has 2 aromatic carbocycles. The number of ether oxygens (including phenoxy) is 1. The number of nitriles is 1. The Morgan fingerprint density at radius 2 is 1.75 bits per heavy atom. The van der Waals surface area contributed by atoms with Crippen LogP contribution in [0.25, 0.3) is 0 Å². The second-order valence-corrected chi connectivity index (χ2v) is 17.1. The largest absolute Gasteiger partial charge is 0.492 e. The maximum Gasteiger partial charge on any atom is 0.419 e. The van der Waals surface area contributed by atoms with Gasteiger partial charge in [0.1, 0.15) is 24.0 Å². The minimum absolute atomic E-state index is 0.0112. The standard InChI is InChI=1S/C44H50F3N7O5S/c1-26(2)35-19-32(54-42(60)53(41(58)43(54,5)6)33-20-36(44(45,46)47)37(21-48)49-22-33)11-12-38(35)59-15-14-51-23-27(3)52(28(4)24-51)25-34(55)18-30-9-7-8-29(16-30)17-31-10-13-39(56)50-40(31)57/h7-9,11-12,16,19-20,22,26-28,31H,10,13-15,17-18,23-25H2,1-6H3,(H,50,56,57)/t27-,28+,31?. The van der Waals surface area contributed by atoms with E-state index >= 15 is 0 Å². The van der Waals surface area contributed by atoms with Gasteiger partial charge in [0.15, 0.2) is 16.6 Å². The summed E-state index contributed by atoms with van der Waals surface area (Å²) in [5.41, 5.74) is -0.177. The van der Waals surface area contributed by atoms with E-state index in [-0.39, 0.29) is 52.3 Å². The van der Waals surface area contributed by atoms with Gasteiger partial charge >= 0.3 is 6.18 Å². The number of hydrogen-bond acceptors (Lipinski definition) is 10. The van der Waals surface area contributed by atoms with Gasteiger partial charge in [-0.05, 0) is 99.6 Å². The molecule has 3 saturated heterocycles. The zero-order valence-corrected chi connectivity index (χ0v) is 35.5. The van der Waals surface area contributed by atoms with Crippen molar-refractivity contribution in [3.8, 4) is 11.8 Å². The third-order valence-corrected chi connectivity index (χ3v) is 11.9. The molecule has 0 radical (unpaired) electrons. The Morgan fingerprint density at radius 3 is 2.40 bits per heavy atom. The Labute approximate surface area is 353 Å². The van der Waals surface area contributed by atoms with Crippen molar-refractivity contribution in [2.24, 2.45) is 5.92 Å². The average molecular weight is 846 g/mol. The van der Waals surface area contributed by atoms with E-state index in [0.717, 1.165) is 46.9 Å². The van der Waals surface area contributed by atoms with Gasteiger partial charge in [0.05, 0.1) is 24.0 Å². The third kappa shape index (κ3) is 9.53. The number of benzene rings is 2. The number of ketones is 1. The van der Waals surface area contributed by atoms with Gasteiger partial charge in [-0.3, -0.25) is 39.2 Å². The molecule has 3 atom stereocenters. The highest BCUT2D eigenvalue weighted by Crippen LogP contribution is 2.41. The van der Waals surface area contributed by atoms with Crippen LogP contribution in [0.4, 0.5) is 24.5 Å². The summed E-state index contributed by atoms with van der Waals surface area (Å²) in [6.45, 7) is 14.5. The van der Waals surface area contributed by atoms with Crippen molar-refractivity contribution in [3.05, 3.63) is 82.7 Å². The number of halogens is 3. The Balaban J connectivity index is 1.05. The quantitative estimate of drug-likeness (QED) is 0.156. The molecule has 0 bridgehead atoms. The SMILES string of the molecule is CC(C)c1cc(N2C(=S)N(c3cnc(C#N)c(C(F)(F)F)c3)C(=O)C2(C)C)ccc1OCCN1C[C@@H](C)N(CC(=O)Cc2cccc(CC3CCC(=O)NC3=O)c2)[C@@H](C)C1. The first-order valence-electron chi connectivity index (χ1n) is 20.1. The fraction of sp³-hybridized carbons (Fsp3) is 0.477. The first-order valence-corrected chi connectivity index (χ1v) is 20.5. The molecule has 12 nitrogen and oxygen atoms in total. The number of thiocarbonyl (C=S) groups is 1. The van der Waals surface area contributed by atoms with Crippen LogP contribution in [0.5, 0.6) is 5.75 Å². The van der Waals surface area contributed by atoms with E-state index < -0.39 is 28.9 Å². The number of nitrogens with zero attached hydrogens (tertiary/aromatic N) is 6. The summed E-state index contributed by atoms with van der Waals surface area (Å²) in [4.78, 5) is 61.8. The lowest BCUT2D eigenvalue weighted by Crippen LogP contribution is -2.58. The Kier molecular flexibility index (Phi) is 13.1. The smallest absolute Gasteiger partial charge is 0.419 e. The molecule has 4 heterocycles. The van der Waals surface area contributed by atoms with Crippen LogP contribution in [0.1, 0.15) is 88.2 Å². The molecule has 16 heteroatoms. The summed E-state index contributed by atoms with van der Waals surface area (Å²) in [5.74, 6) is -0.480. The normalized spacial score (nSPS) is 21.4. The number of rotatable bonds is 13. The van der Waals surface area contributed by atoms with E-state index in [0.29, 0.717) is 56.8 Å². The predicted molar refractivity (Wildman–Crippen MR) is 223 cm³/mol. The number of piperazine rings is 1. The maximum atomic E-state index is 13.8. The fourth-order valence-corrected chi connectivity index (χ4v) is 8.93. The van der Waals surface area contributed by atoms with Crippen molar-refractivity contribution in [1.82, 2.24) is 20.1 Å². The van der Waals surface area contributed by atoms with Crippen LogP contribution < -0.4 is 19.9 Å². The van der Waals surface area contributed by atoms with Gasteiger partial charge in [0.2, 0.25) is 11.8 Å². The van der Waals surface area contributed by atoms with Gasteiger partial charge in [-0.1, -0.05) is 38.1 Å². The number of imide groups is 1. The molecule has 1 unspecified atom stereocenters. The topological polar surface area (TPSA) is 139 Å². The van der Waals surface area contributed by atoms with Crippen LogP contribution in [0.15, 0.2) is 54.7 Å². The Bertz CT molecular complexity index is 2210. The molecule has 3 fully saturated rings. The van der Waals surface area contributed by atoms with Gasteiger partial charge in [0.25, 0.3) is 5.91 Å². The van der Waals surface area contributed by atoms with Crippen molar-refractivity contribution in [2.45, 2.75) is 96.9 Å². The number of anilines is 2. The number of Topliss-reactive ketones (excluding diaryl/α,β-unsaturated/α-hetero) is 1. The molecule has 3 aliphatic rings. The van der Waals surface area contributed by atoms with Gasteiger partial charge in [-0.2, -0.15) is 18.4 Å². The number of pyridine rings is 1. The summed E-state index contributed by atoms with van der Waals surface area (Å²) in [6, 6.07) is 15.7. The Morgan fingerprint density at radius 1 is 1.05 bits per heavy atom. The molecule has 3 aliphatic heterocycles. The van der Waals surface area contributed by atoms with Crippen molar-refractivity contribution in [3.63, 3.8) is 0 Å². The van der Waals surface area contributed by atoms with E-state index in [2.05, 4.69) is 33.9 Å². The molecular weight excluding hydrogens is 796 g/mol. The van der Waals surface area contributed by atoms with Crippen LogP contribution in [0.3, 0.4) is 0 Å². The van der Waals surface area contributed by atoms with Crippen molar-refractivity contribution in [1.29, 1.82) is 5.26 Å². The predicted octanol–water partition coefficient (Wildman–Crippen LogP) is 6.19. The minimum Gasteiger partial charge on any atom is -0.492 e. The highest BCUT2D eigenvalue weighted by Gasteiger charge is 2.51. The van der Waals surface area contributed by atoms with Crippen LogP contribution in [0, 0.1) is 17.2 Å². The summed E-state index contributed by atoms with van der Waals surface area (Å²) >= 11 is 5.73. The molecule has 0 aliphatic carbocycles. The first-order chi connectivity index (χ1) is 28.3. The van der Waals surface area contributed by atoms with Crippen LogP contribution in [-0.4, -0.2) is 93.8 Å². The maximum absolute atomic E-state index is 13.8. The number of nitrogens with one attached hydrogen (secondary N) is 1. The lowest BCUT2D eigenvalue weighted by atomic mass is 9.90. The number of carbonyl (C=O) groups is 4. The summed E-state index contributed by atoms with van der Waals surface area (Å²) in [5, 5.41) is 11.6. The van der Waals surface area contributed by atoms with Gasteiger partial charge in [-0.15, -0.1) is 0 Å². The number of aromatic nitrogens is 1. The van der Waals surface area contributed by atoms with Crippen LogP contribution in [0.2, 0.25) is 0 Å². The molecule has 0 spiro atoms. The van der Waals surface area contributed by atoms with Crippen LogP contribution >= 0.6 is 12.2 Å². The molecule has 1 N–H and O–H groups in total. The highest BCUT2D eigenvalue weighted by molar-refractivity contribution is 7.81. The number of amides is 3. The molecule has 60 heavy (non-hydrogen) atoms. The van der Waals surface area contributed by atoms with Crippen molar-refractivity contribution in [2.75, 3.05) is 42.6 Å². The van der Waals surface area contributed by atoms with Gasteiger partial charge in [0, 0.05) is 56.2 Å². The van der Waals surface area contributed by atoms with E-state index in [1.807, 2.05) is 50.2 Å². The van der Waals surface area contributed by atoms with Crippen molar-refractivity contribution < 1.29 is 37.1 Å². The molecule has 6 rings (SSSR count). The number of carbonyl (C=O) groups excluding carboxylic acids is 4. The molecule has 318 valence electrons. The minimum atomic E-state index is -4.86. The van der Waals surface area contributed by atoms with E-state index in [1.165, 1.54) is 6.07 Å². The molecule has 3 aromatic rings. The fourth-order valence-electron chi connectivity index (χ4n) is 8.41. The van der Waals surface area contributed by atoms with Crippen molar-refractivity contribution >= 4 is 52.2 Å². The Hall–Kier alpha value is -5.24. The summed E-state index contributed by atoms with van der Waals surface area (Å²) in [6.07, 6.45) is -2.13. The molecule has 1 aromatic heterocycles. The van der Waals surface area contributed by atoms with E-state index in [1.54, 1.807) is 24.8 Å². The van der Waals surface area contributed by atoms with E-state index in [4.69, 9.17) is 17.0 Å². The molecular formula is C44H50F3N7O5S. The average Bonchev–Trinajstić information content (AvgIpc) is 3.35. The summed E-state index contributed by atoms with van der Waals surface area (Å²) in [7, 11) is 0. The second-order valence-electron chi connectivity index (χ2n) is 16.8. The number of alkyl halides is 3. The summed E-state index contributed by atoms with van der Waals surface area (Å²) < 4.78 is 47.7. The lowest BCUT2D eigenvalue weighted by molar-refractivity contribution is -0.138. The lowest BCUT2D eigenvalue weighted by Gasteiger charge is -2.44. The zero-order chi connectivity index (χ0) is 43.7. The monoisotopic (exact) mass is 845 g/mol. The zero-order valence-electron chi connectivity index (χ0n) is 34.6. The van der Waals surface area contributed by atoms with Gasteiger partial charge in [-0.25, -0.2) is 4.98 Å². The van der Waals surface area contributed by atoms with E-state index in [9.17, 15) is 37.6 Å². The third-order valence-electron chi connectivity index (χ3n) is 11.5. The second kappa shape index (κ2) is 17.8. The number of hydrogen-bond donors (Lipinski definition) is 1. The van der Waals surface area contributed by atoms with Gasteiger partial charge < -0.3 is 9.64 Å². The van der Waals surface area contributed by atoms with Crippen LogP contribution in [-0.2, 0) is 38.2 Å². The molecule has 3 amide bonds. The first kappa shape index (κ1) is 44.3.